The van der Waals surface area contributed by atoms with Gasteiger partial charge in [-0.2, -0.15) is 10.2 Å². The van der Waals surface area contributed by atoms with Gasteiger partial charge in [-0.05, 0) is 30.4 Å². The van der Waals surface area contributed by atoms with Gasteiger partial charge in [0.15, 0.2) is 11.3 Å². The largest absolute Gasteiger partial charge is 0.236 e. The first-order valence-electron chi connectivity index (χ1n) is 7.96. The van der Waals surface area contributed by atoms with Crippen LogP contribution >= 0.6 is 10.9 Å². The molecule has 4 aromatic heterocycles. The lowest BCUT2D eigenvalue weighted by molar-refractivity contribution is 0.835. The maximum atomic E-state index is 4.82. The molecule has 24 heavy (non-hydrogen) atoms. The van der Waals surface area contributed by atoms with Crippen LogP contribution in [0.2, 0.25) is 0 Å². The molecule has 0 aliphatic carbocycles. The molecule has 0 aliphatic rings. The van der Waals surface area contributed by atoms with E-state index >= 15 is 0 Å². The van der Waals surface area contributed by atoms with Crippen LogP contribution in [0, 0.1) is 0 Å². The Hall–Kier alpha value is -2.41. The number of fused-ring (bicyclic) bond motifs is 2. The third kappa shape index (κ3) is 2.65. The van der Waals surface area contributed by atoms with Gasteiger partial charge in [-0.3, -0.25) is 0 Å². The summed E-state index contributed by atoms with van der Waals surface area (Å²) < 4.78 is 3.72. The summed E-state index contributed by atoms with van der Waals surface area (Å²) in [5.41, 5.74) is 4.14. The molecule has 4 rings (SSSR count). The van der Waals surface area contributed by atoms with Crippen LogP contribution in [0.15, 0.2) is 48.0 Å². The van der Waals surface area contributed by atoms with Gasteiger partial charge in [0.05, 0.1) is 16.9 Å². The Kier molecular flexibility index (Phi) is 3.72. The Bertz CT molecular complexity index is 1000. The Labute approximate surface area is 142 Å². The summed E-state index contributed by atoms with van der Waals surface area (Å²) in [5, 5.41) is 10.2. The SMILES string of the molecule is CC(C)c1ccnn2cc(C[SH](C)c3ccc4nccn4n3)nc12. The van der Waals surface area contributed by atoms with E-state index in [0.717, 1.165) is 27.8 Å². The van der Waals surface area contributed by atoms with Gasteiger partial charge in [-0.1, -0.05) is 13.8 Å². The molecule has 0 N–H and O–H groups in total. The van der Waals surface area contributed by atoms with Crippen LogP contribution in [-0.2, 0) is 5.75 Å². The lowest BCUT2D eigenvalue weighted by Crippen LogP contribution is -1.97. The summed E-state index contributed by atoms with van der Waals surface area (Å²) in [6.07, 6.45) is 9.77. The fourth-order valence-electron chi connectivity index (χ4n) is 2.82. The minimum absolute atomic E-state index is 0.430. The minimum atomic E-state index is -0.431. The number of hydrogen-bond donors (Lipinski definition) is 1. The molecule has 0 bridgehead atoms. The Balaban J connectivity index is 1.64. The summed E-state index contributed by atoms with van der Waals surface area (Å²) >= 11 is 0. The third-order valence-corrected chi connectivity index (χ3v) is 5.91. The summed E-state index contributed by atoms with van der Waals surface area (Å²) in [4.78, 5) is 9.06. The van der Waals surface area contributed by atoms with Gasteiger partial charge in [0.25, 0.3) is 0 Å². The fourth-order valence-corrected chi connectivity index (χ4v) is 4.20. The second-order valence-corrected chi connectivity index (χ2v) is 8.39. The van der Waals surface area contributed by atoms with E-state index in [-0.39, 0.29) is 0 Å². The number of rotatable bonds is 4. The van der Waals surface area contributed by atoms with Crippen molar-refractivity contribution in [1.82, 2.24) is 29.2 Å². The average molecular weight is 340 g/mol. The predicted octanol–water partition coefficient (Wildman–Crippen LogP) is 3.09. The molecule has 7 heteroatoms. The second-order valence-electron chi connectivity index (χ2n) is 6.22. The van der Waals surface area contributed by atoms with Gasteiger partial charge in [0.1, 0.15) is 0 Å². The normalized spacial score (nSPS) is 13.9. The lowest BCUT2D eigenvalue weighted by Gasteiger charge is -2.13. The van der Waals surface area contributed by atoms with E-state index in [0.29, 0.717) is 5.92 Å². The monoisotopic (exact) mass is 340 g/mol. The molecular formula is C17H20N6S. The highest BCUT2D eigenvalue weighted by Gasteiger charge is 2.12. The summed E-state index contributed by atoms with van der Waals surface area (Å²) in [5.74, 6) is 1.32. The molecule has 4 heterocycles. The maximum absolute atomic E-state index is 4.82. The minimum Gasteiger partial charge on any atom is -0.236 e. The van der Waals surface area contributed by atoms with E-state index in [1.54, 1.807) is 6.20 Å². The topological polar surface area (TPSA) is 60.4 Å². The molecule has 0 spiro atoms. The van der Waals surface area contributed by atoms with Gasteiger partial charge in [-0.15, -0.1) is 0 Å². The van der Waals surface area contributed by atoms with Crippen LogP contribution in [0.5, 0.6) is 0 Å². The molecule has 0 saturated heterocycles. The molecule has 6 nitrogen and oxygen atoms in total. The van der Waals surface area contributed by atoms with Crippen LogP contribution in [0.4, 0.5) is 0 Å². The van der Waals surface area contributed by atoms with E-state index in [9.17, 15) is 0 Å². The first kappa shape index (κ1) is 15.1. The second kappa shape index (κ2) is 5.90. The smallest absolute Gasteiger partial charge is 0.157 e. The number of thiol groups is 1. The maximum Gasteiger partial charge on any atom is 0.157 e. The molecule has 0 amide bonds. The molecule has 1 unspecified atom stereocenters. The van der Waals surface area contributed by atoms with Crippen molar-refractivity contribution in [3.8, 4) is 0 Å². The van der Waals surface area contributed by atoms with Crippen molar-refractivity contribution < 1.29 is 0 Å². The molecule has 0 fully saturated rings. The van der Waals surface area contributed by atoms with Crippen LogP contribution in [0.25, 0.3) is 11.3 Å². The molecule has 1 atom stereocenters. The van der Waals surface area contributed by atoms with E-state index in [4.69, 9.17) is 4.98 Å². The Morgan fingerprint density at radius 1 is 1.12 bits per heavy atom. The number of aromatic nitrogens is 6. The van der Waals surface area contributed by atoms with E-state index in [1.807, 2.05) is 33.7 Å². The molecular weight excluding hydrogens is 320 g/mol. The zero-order valence-corrected chi connectivity index (χ0v) is 14.9. The van der Waals surface area contributed by atoms with Crippen molar-refractivity contribution in [1.29, 1.82) is 0 Å². The molecule has 0 aromatic carbocycles. The zero-order valence-electron chi connectivity index (χ0n) is 14.0. The van der Waals surface area contributed by atoms with Crippen LogP contribution in [0.3, 0.4) is 0 Å². The van der Waals surface area contributed by atoms with Gasteiger partial charge in [0, 0.05) is 29.9 Å². The molecule has 0 aliphatic heterocycles. The van der Waals surface area contributed by atoms with Crippen molar-refractivity contribution in [3.05, 3.63) is 54.2 Å². The third-order valence-electron chi connectivity index (χ3n) is 4.09. The summed E-state index contributed by atoms with van der Waals surface area (Å²) in [6.45, 7) is 4.36. The molecule has 0 saturated carbocycles. The molecule has 0 radical (unpaired) electrons. The highest BCUT2D eigenvalue weighted by Crippen LogP contribution is 2.34. The average Bonchev–Trinajstić information content (AvgIpc) is 3.19. The first-order chi connectivity index (χ1) is 11.6. The zero-order chi connectivity index (χ0) is 16.7. The molecule has 4 aromatic rings. The lowest BCUT2D eigenvalue weighted by atomic mass is 10.1. The van der Waals surface area contributed by atoms with Crippen molar-refractivity contribution in [2.75, 3.05) is 6.26 Å². The summed E-state index contributed by atoms with van der Waals surface area (Å²) in [7, 11) is -0.431. The van der Waals surface area contributed by atoms with Crippen molar-refractivity contribution in [2.24, 2.45) is 0 Å². The highest BCUT2D eigenvalue weighted by molar-refractivity contribution is 8.15. The predicted molar refractivity (Wildman–Crippen MR) is 96.9 cm³/mol. The van der Waals surface area contributed by atoms with Gasteiger partial charge >= 0.3 is 0 Å². The van der Waals surface area contributed by atoms with Crippen molar-refractivity contribution in [3.63, 3.8) is 0 Å². The first-order valence-corrected chi connectivity index (χ1v) is 9.94. The van der Waals surface area contributed by atoms with E-state index < -0.39 is 10.9 Å². The highest BCUT2D eigenvalue weighted by atomic mass is 32.2. The fraction of sp³-hybridized carbons (Fsp3) is 0.294. The number of imidazole rings is 2. The standard InChI is InChI=1S/C17H20N6S/c1-12(2)14-6-7-19-23-10-13(20-17(14)23)11-24(3)16-5-4-15-18-8-9-22(15)21-16/h4-10,12,24H,11H2,1-3H3. The van der Waals surface area contributed by atoms with E-state index in [1.165, 1.54) is 5.56 Å². The number of nitrogens with zero attached hydrogens (tertiary/aromatic N) is 6. The summed E-state index contributed by atoms with van der Waals surface area (Å²) in [6, 6.07) is 6.14. The van der Waals surface area contributed by atoms with Crippen LogP contribution in [-0.4, -0.2) is 35.5 Å². The van der Waals surface area contributed by atoms with Crippen LogP contribution in [0.1, 0.15) is 31.0 Å². The van der Waals surface area contributed by atoms with Crippen LogP contribution < -0.4 is 0 Å². The Morgan fingerprint density at radius 2 is 2.00 bits per heavy atom. The van der Waals surface area contributed by atoms with Crippen molar-refractivity contribution in [2.45, 2.75) is 30.5 Å². The molecule has 124 valence electrons. The van der Waals surface area contributed by atoms with Gasteiger partial charge in [-0.25, -0.2) is 29.9 Å². The van der Waals surface area contributed by atoms with Gasteiger partial charge < -0.3 is 0 Å². The quantitative estimate of drug-likeness (QED) is 0.580. The Morgan fingerprint density at radius 3 is 2.83 bits per heavy atom. The van der Waals surface area contributed by atoms with Crippen molar-refractivity contribution >= 4 is 22.2 Å². The van der Waals surface area contributed by atoms with Gasteiger partial charge in [0.2, 0.25) is 0 Å². The van der Waals surface area contributed by atoms with E-state index in [2.05, 4.69) is 47.4 Å². The number of hydrogen-bond acceptors (Lipinski definition) is 4.